The highest BCUT2D eigenvalue weighted by atomic mass is 16.1. The molecule has 0 radical (unpaired) electrons. The number of ketones is 1. The molecule has 1 aliphatic rings. The van der Waals surface area contributed by atoms with Crippen LogP contribution in [-0.4, -0.2) is 5.78 Å². The van der Waals surface area contributed by atoms with Crippen LogP contribution in [-0.2, 0) is 4.79 Å². The normalized spacial score (nSPS) is 18.1. The van der Waals surface area contributed by atoms with Crippen molar-refractivity contribution in [3.05, 3.63) is 81.9 Å². The van der Waals surface area contributed by atoms with Crippen LogP contribution < -0.4 is 0 Å². The molecule has 1 nitrogen and oxygen atoms in total. The molecular weight excluding hydrogens is 328 g/mol. The van der Waals surface area contributed by atoms with Gasteiger partial charge in [0.15, 0.2) is 5.78 Å². The lowest BCUT2D eigenvalue weighted by Crippen LogP contribution is -2.12. The van der Waals surface area contributed by atoms with E-state index >= 15 is 0 Å². The van der Waals surface area contributed by atoms with Gasteiger partial charge in [-0.25, -0.2) is 0 Å². The maximum absolute atomic E-state index is 12.9. The second kappa shape index (κ2) is 8.52. The summed E-state index contributed by atoms with van der Waals surface area (Å²) in [6, 6.07) is 17.1. The molecule has 1 fully saturated rings. The van der Waals surface area contributed by atoms with Crippen molar-refractivity contribution in [2.75, 3.05) is 0 Å². The second-order valence-corrected chi connectivity index (χ2v) is 8.16. The first-order chi connectivity index (χ1) is 12.9. The summed E-state index contributed by atoms with van der Waals surface area (Å²) in [6.45, 7) is 8.79. The van der Waals surface area contributed by atoms with Gasteiger partial charge in [0.05, 0.1) is 0 Å². The van der Waals surface area contributed by atoms with Crippen LogP contribution in [0.3, 0.4) is 0 Å². The van der Waals surface area contributed by atoms with Crippen LogP contribution in [0.1, 0.15) is 81.0 Å². The van der Waals surface area contributed by atoms with Crippen LogP contribution in [0.2, 0.25) is 0 Å². The number of hydrogen-bond acceptors (Lipinski definition) is 1. The fourth-order valence-electron chi connectivity index (χ4n) is 3.53. The van der Waals surface area contributed by atoms with Crippen molar-refractivity contribution in [3.63, 3.8) is 0 Å². The summed E-state index contributed by atoms with van der Waals surface area (Å²) < 4.78 is 0. The molecule has 0 aromatic heterocycles. The Hall–Kier alpha value is -2.41. The van der Waals surface area contributed by atoms with Crippen molar-refractivity contribution < 1.29 is 4.79 Å². The van der Waals surface area contributed by atoms with Gasteiger partial charge in [0.1, 0.15) is 0 Å². The van der Waals surface area contributed by atoms with Crippen LogP contribution in [0.15, 0.2) is 59.7 Å². The van der Waals surface area contributed by atoms with Gasteiger partial charge in [0.25, 0.3) is 0 Å². The monoisotopic (exact) mass is 358 g/mol. The molecule has 0 saturated heterocycles. The molecule has 2 aromatic carbocycles. The van der Waals surface area contributed by atoms with Crippen molar-refractivity contribution in [2.24, 2.45) is 0 Å². The maximum Gasteiger partial charge on any atom is 0.185 e. The van der Waals surface area contributed by atoms with Crippen LogP contribution in [0.25, 0.3) is 12.2 Å². The number of allylic oxidation sites excluding steroid dienone is 2. The molecule has 0 heterocycles. The van der Waals surface area contributed by atoms with Gasteiger partial charge in [-0.3, -0.25) is 4.79 Å². The first-order valence-electron chi connectivity index (χ1n) is 10.1. The highest BCUT2D eigenvalue weighted by molar-refractivity contribution is 6.13. The third-order valence-electron chi connectivity index (χ3n) is 5.36. The average Bonchev–Trinajstić information content (AvgIpc) is 2.66. The van der Waals surface area contributed by atoms with Crippen LogP contribution in [0.4, 0.5) is 0 Å². The molecule has 0 aliphatic heterocycles. The molecule has 0 unspecified atom stereocenters. The fourth-order valence-corrected chi connectivity index (χ4v) is 3.53. The molecule has 1 aliphatic carbocycles. The minimum Gasteiger partial charge on any atom is -0.289 e. The summed E-state index contributed by atoms with van der Waals surface area (Å²) in [5.74, 6) is 1.27. The Labute approximate surface area is 163 Å². The molecule has 1 heteroatoms. The van der Waals surface area contributed by atoms with E-state index in [4.69, 9.17) is 0 Å². The molecule has 0 atom stereocenters. The highest BCUT2D eigenvalue weighted by Gasteiger charge is 2.20. The third kappa shape index (κ3) is 4.86. The lowest BCUT2D eigenvalue weighted by molar-refractivity contribution is -0.112. The molecule has 0 bridgehead atoms. The number of carbonyl (C=O) groups is 1. The second-order valence-electron chi connectivity index (χ2n) is 8.16. The van der Waals surface area contributed by atoms with Gasteiger partial charge in [-0.1, -0.05) is 76.2 Å². The number of hydrogen-bond donors (Lipinski definition) is 0. The molecule has 3 rings (SSSR count). The van der Waals surface area contributed by atoms with Gasteiger partial charge >= 0.3 is 0 Å². The van der Waals surface area contributed by atoms with Gasteiger partial charge in [0.2, 0.25) is 0 Å². The van der Waals surface area contributed by atoms with E-state index in [0.29, 0.717) is 11.8 Å². The lowest BCUT2D eigenvalue weighted by Gasteiger charge is -2.17. The predicted octanol–water partition coefficient (Wildman–Crippen LogP) is 7.15. The number of benzene rings is 2. The van der Waals surface area contributed by atoms with E-state index in [1.165, 1.54) is 11.1 Å². The van der Waals surface area contributed by atoms with Crippen LogP contribution in [0.5, 0.6) is 0 Å². The molecular formula is C26H30O. The largest absolute Gasteiger partial charge is 0.289 e. The molecule has 0 amide bonds. The van der Waals surface area contributed by atoms with E-state index in [9.17, 15) is 4.79 Å². The zero-order valence-electron chi connectivity index (χ0n) is 17.0. The highest BCUT2D eigenvalue weighted by Crippen LogP contribution is 2.28. The van der Waals surface area contributed by atoms with E-state index in [1.54, 1.807) is 0 Å². The van der Waals surface area contributed by atoms with E-state index < -0.39 is 0 Å². The number of rotatable bonds is 4. The Kier molecular flexibility index (Phi) is 6.11. The molecule has 2 aromatic rings. The van der Waals surface area contributed by atoms with Gasteiger partial charge < -0.3 is 0 Å². The summed E-state index contributed by atoms with van der Waals surface area (Å²) in [4.78, 5) is 12.9. The third-order valence-corrected chi connectivity index (χ3v) is 5.36. The number of Topliss-reactive ketones (excluding diaryl/α,β-unsaturated/α-hetero) is 1. The standard InChI is InChI=1S/C26H30O/c1-18(2)22-12-8-20(9-13-22)16-24-6-5-7-25(26(24)27)17-21-10-14-23(15-11-21)19(3)4/h8-19H,5-7H2,1-4H3/b24-16-,25-17+. The van der Waals surface area contributed by atoms with E-state index in [-0.39, 0.29) is 5.78 Å². The first-order valence-corrected chi connectivity index (χ1v) is 10.1. The predicted molar refractivity (Wildman–Crippen MR) is 116 cm³/mol. The van der Waals surface area contributed by atoms with Crippen LogP contribution in [0, 0.1) is 0 Å². The summed E-state index contributed by atoms with van der Waals surface area (Å²) in [5.41, 5.74) is 6.76. The van der Waals surface area contributed by atoms with E-state index in [2.05, 4.69) is 88.4 Å². The summed E-state index contributed by atoms with van der Waals surface area (Å²) in [6.07, 6.45) is 6.92. The molecule has 27 heavy (non-hydrogen) atoms. The zero-order valence-corrected chi connectivity index (χ0v) is 17.0. The van der Waals surface area contributed by atoms with Gasteiger partial charge in [-0.05, 0) is 65.5 Å². The Morgan fingerprint density at radius 3 is 1.37 bits per heavy atom. The summed E-state index contributed by atoms with van der Waals surface area (Å²) >= 11 is 0. The number of carbonyl (C=O) groups excluding carboxylic acids is 1. The smallest absolute Gasteiger partial charge is 0.185 e. The average molecular weight is 359 g/mol. The molecule has 0 N–H and O–H groups in total. The Morgan fingerprint density at radius 2 is 1.04 bits per heavy atom. The van der Waals surface area contributed by atoms with Crippen molar-refractivity contribution in [1.29, 1.82) is 0 Å². The Balaban J connectivity index is 1.80. The van der Waals surface area contributed by atoms with E-state index in [0.717, 1.165) is 41.5 Å². The molecule has 1 saturated carbocycles. The SMILES string of the molecule is CC(C)c1ccc(/C=C2/CCC/C(=C\c3ccc(C(C)C)cc3)C2=O)cc1. The van der Waals surface area contributed by atoms with Crippen molar-refractivity contribution >= 4 is 17.9 Å². The Bertz CT molecular complexity index is 775. The summed E-state index contributed by atoms with van der Waals surface area (Å²) in [5, 5.41) is 0. The van der Waals surface area contributed by atoms with Crippen LogP contribution >= 0.6 is 0 Å². The van der Waals surface area contributed by atoms with E-state index in [1.807, 2.05) is 0 Å². The van der Waals surface area contributed by atoms with Crippen molar-refractivity contribution in [2.45, 2.75) is 58.8 Å². The first kappa shape index (κ1) is 19.4. The fraction of sp³-hybridized carbons (Fsp3) is 0.346. The molecule has 0 spiro atoms. The maximum atomic E-state index is 12.9. The van der Waals surface area contributed by atoms with Gasteiger partial charge in [-0.2, -0.15) is 0 Å². The topological polar surface area (TPSA) is 17.1 Å². The minimum atomic E-state index is 0.210. The zero-order chi connectivity index (χ0) is 19.4. The summed E-state index contributed by atoms with van der Waals surface area (Å²) in [7, 11) is 0. The quantitative estimate of drug-likeness (QED) is 0.530. The van der Waals surface area contributed by atoms with Crippen molar-refractivity contribution in [3.8, 4) is 0 Å². The lowest BCUT2D eigenvalue weighted by atomic mass is 9.86. The Morgan fingerprint density at radius 1 is 0.667 bits per heavy atom. The van der Waals surface area contributed by atoms with Crippen molar-refractivity contribution in [1.82, 2.24) is 0 Å². The molecule has 140 valence electrons. The van der Waals surface area contributed by atoms with Gasteiger partial charge in [-0.15, -0.1) is 0 Å². The minimum absolute atomic E-state index is 0.210. The van der Waals surface area contributed by atoms with Gasteiger partial charge in [0, 0.05) is 11.1 Å².